The van der Waals surface area contributed by atoms with Crippen LogP contribution in [0.3, 0.4) is 0 Å². The molecule has 6 heteroatoms. The Balaban J connectivity index is 1.94. The predicted octanol–water partition coefficient (Wildman–Crippen LogP) is 1.99. The number of nitrogens with one attached hydrogen (secondary N) is 1. The van der Waals surface area contributed by atoms with E-state index in [1.165, 1.54) is 0 Å². The van der Waals surface area contributed by atoms with Crippen molar-refractivity contribution in [1.29, 1.82) is 0 Å². The van der Waals surface area contributed by atoms with E-state index in [1.807, 2.05) is 11.8 Å². The fraction of sp³-hybridized carbons (Fsp3) is 0.533. The normalized spacial score (nSPS) is 22.9. The van der Waals surface area contributed by atoms with E-state index in [1.54, 1.807) is 25.3 Å². The number of halogens is 1. The number of carbonyl (C=O) groups excluding carboxylic acids is 1. The fourth-order valence-corrected chi connectivity index (χ4v) is 2.71. The molecule has 1 aliphatic heterocycles. The van der Waals surface area contributed by atoms with Crippen molar-refractivity contribution in [2.45, 2.75) is 19.4 Å². The molecule has 1 heterocycles. The lowest BCUT2D eigenvalue weighted by atomic mass is 9.97. The number of benzene rings is 1. The summed E-state index contributed by atoms with van der Waals surface area (Å²) < 4.78 is 5.20. The first-order valence-corrected chi connectivity index (χ1v) is 7.41. The van der Waals surface area contributed by atoms with Crippen molar-refractivity contribution in [3.63, 3.8) is 0 Å². The molecular formula is C15H21ClN2O3. The summed E-state index contributed by atoms with van der Waals surface area (Å²) in [5, 5.41) is 13.1. The number of hydrogen-bond donors (Lipinski definition) is 2. The number of nitrogens with zero attached hydrogens (tertiary/aromatic N) is 1. The fourth-order valence-electron chi connectivity index (χ4n) is 2.53. The summed E-state index contributed by atoms with van der Waals surface area (Å²) >= 11 is 5.94. The van der Waals surface area contributed by atoms with Crippen LogP contribution in [-0.2, 0) is 4.79 Å². The molecule has 0 saturated carbocycles. The predicted molar refractivity (Wildman–Crippen MR) is 82.9 cm³/mol. The van der Waals surface area contributed by atoms with Gasteiger partial charge in [-0.1, -0.05) is 18.5 Å². The maximum absolute atomic E-state index is 12.1. The van der Waals surface area contributed by atoms with E-state index >= 15 is 0 Å². The zero-order valence-corrected chi connectivity index (χ0v) is 13.1. The van der Waals surface area contributed by atoms with E-state index in [0.29, 0.717) is 29.4 Å². The number of rotatable bonds is 4. The maximum atomic E-state index is 12.1. The molecule has 1 amide bonds. The maximum Gasteiger partial charge on any atom is 0.238 e. The van der Waals surface area contributed by atoms with Crippen LogP contribution in [0.4, 0.5) is 5.69 Å². The van der Waals surface area contributed by atoms with E-state index in [0.717, 1.165) is 13.1 Å². The molecule has 2 rings (SSSR count). The molecule has 1 fully saturated rings. The molecule has 2 atom stereocenters. The van der Waals surface area contributed by atoms with Gasteiger partial charge in [0.1, 0.15) is 5.75 Å². The minimum atomic E-state index is -0.266. The third-order valence-corrected chi connectivity index (χ3v) is 3.98. The number of methoxy groups -OCH3 is 1. The Morgan fingerprint density at radius 3 is 3.00 bits per heavy atom. The van der Waals surface area contributed by atoms with Gasteiger partial charge in [-0.05, 0) is 30.5 Å². The average Bonchev–Trinajstić information content (AvgIpc) is 2.43. The number of likely N-dealkylation sites (tertiary alicyclic amines) is 1. The first-order chi connectivity index (χ1) is 9.99. The molecule has 0 radical (unpaired) electrons. The highest BCUT2D eigenvalue weighted by Gasteiger charge is 2.25. The van der Waals surface area contributed by atoms with Crippen molar-refractivity contribution >= 4 is 23.2 Å². The molecule has 0 spiro atoms. The van der Waals surface area contributed by atoms with Gasteiger partial charge in [0.2, 0.25) is 5.91 Å². The largest absolute Gasteiger partial charge is 0.495 e. The van der Waals surface area contributed by atoms with Crippen molar-refractivity contribution < 1.29 is 14.6 Å². The lowest BCUT2D eigenvalue weighted by molar-refractivity contribution is -0.118. The molecule has 0 bridgehead atoms. The van der Waals surface area contributed by atoms with Crippen molar-refractivity contribution in [2.75, 3.05) is 32.1 Å². The molecular weight excluding hydrogens is 292 g/mol. The molecule has 1 aromatic carbocycles. The topological polar surface area (TPSA) is 61.8 Å². The van der Waals surface area contributed by atoms with E-state index < -0.39 is 0 Å². The lowest BCUT2D eigenvalue weighted by Crippen LogP contribution is -2.45. The minimum Gasteiger partial charge on any atom is -0.495 e. The molecule has 2 N–H and O–H groups in total. The van der Waals surface area contributed by atoms with E-state index in [9.17, 15) is 9.90 Å². The van der Waals surface area contributed by atoms with Crippen LogP contribution in [0.2, 0.25) is 5.02 Å². The number of aliphatic hydroxyl groups is 1. The highest BCUT2D eigenvalue weighted by Crippen LogP contribution is 2.27. The Kier molecular flexibility index (Phi) is 5.45. The van der Waals surface area contributed by atoms with Crippen LogP contribution >= 0.6 is 11.6 Å². The van der Waals surface area contributed by atoms with Gasteiger partial charge in [0.05, 0.1) is 25.4 Å². The summed E-state index contributed by atoms with van der Waals surface area (Å²) in [5.41, 5.74) is 0.570. The molecule has 1 aliphatic rings. The third-order valence-electron chi connectivity index (χ3n) is 3.75. The number of aliphatic hydroxyl groups excluding tert-OH is 1. The SMILES string of the molecule is COc1ccc(Cl)cc1NC(=O)CN1CCC(O)C(C)C1. The van der Waals surface area contributed by atoms with Gasteiger partial charge in [0, 0.05) is 18.1 Å². The standard InChI is InChI=1S/C15H21ClN2O3/c1-10-8-18(6-5-13(10)19)9-15(20)17-12-7-11(16)3-4-14(12)21-2/h3-4,7,10,13,19H,5-6,8-9H2,1-2H3,(H,17,20). The van der Waals surface area contributed by atoms with Crippen LogP contribution in [-0.4, -0.2) is 48.8 Å². The Morgan fingerprint density at radius 2 is 2.33 bits per heavy atom. The first kappa shape index (κ1) is 16.1. The second-order valence-corrected chi connectivity index (χ2v) is 5.90. The second-order valence-electron chi connectivity index (χ2n) is 5.46. The van der Waals surface area contributed by atoms with Gasteiger partial charge in [-0.2, -0.15) is 0 Å². The van der Waals surface area contributed by atoms with Gasteiger partial charge in [-0.15, -0.1) is 0 Å². The summed E-state index contributed by atoms with van der Waals surface area (Å²) in [4.78, 5) is 14.2. The minimum absolute atomic E-state index is 0.112. The zero-order chi connectivity index (χ0) is 15.4. The molecule has 0 aliphatic carbocycles. The quantitative estimate of drug-likeness (QED) is 0.892. The summed E-state index contributed by atoms with van der Waals surface area (Å²) in [6.07, 6.45) is 0.437. The van der Waals surface area contributed by atoms with Crippen molar-refractivity contribution in [1.82, 2.24) is 4.90 Å². The highest BCUT2D eigenvalue weighted by molar-refractivity contribution is 6.31. The third kappa shape index (κ3) is 4.33. The smallest absolute Gasteiger partial charge is 0.238 e. The van der Waals surface area contributed by atoms with Crippen LogP contribution < -0.4 is 10.1 Å². The van der Waals surface area contributed by atoms with E-state index in [4.69, 9.17) is 16.3 Å². The zero-order valence-electron chi connectivity index (χ0n) is 12.3. The summed E-state index contributed by atoms with van der Waals surface area (Å²) in [6, 6.07) is 5.10. The van der Waals surface area contributed by atoms with Gasteiger partial charge >= 0.3 is 0 Å². The summed E-state index contributed by atoms with van der Waals surface area (Å²) in [7, 11) is 1.55. The Hall–Kier alpha value is -1.30. The molecule has 1 aromatic rings. The van der Waals surface area contributed by atoms with E-state index in [2.05, 4.69) is 5.32 Å². The molecule has 1 saturated heterocycles. The van der Waals surface area contributed by atoms with E-state index in [-0.39, 0.29) is 17.9 Å². The van der Waals surface area contributed by atoms with Gasteiger partial charge in [0.15, 0.2) is 0 Å². The second kappa shape index (κ2) is 7.11. The Bertz CT molecular complexity index is 510. The van der Waals surface area contributed by atoms with Crippen LogP contribution in [0.1, 0.15) is 13.3 Å². The molecule has 2 unspecified atom stereocenters. The summed E-state index contributed by atoms with van der Waals surface area (Å²) in [5.74, 6) is 0.654. The van der Waals surface area contributed by atoms with Crippen LogP contribution in [0.5, 0.6) is 5.75 Å². The lowest BCUT2D eigenvalue weighted by Gasteiger charge is -2.33. The Morgan fingerprint density at radius 1 is 1.57 bits per heavy atom. The summed E-state index contributed by atoms with van der Waals surface area (Å²) in [6.45, 7) is 3.74. The highest BCUT2D eigenvalue weighted by atomic mass is 35.5. The van der Waals surface area contributed by atoms with Gasteiger partial charge < -0.3 is 15.2 Å². The van der Waals surface area contributed by atoms with Gasteiger partial charge in [-0.25, -0.2) is 0 Å². The van der Waals surface area contributed by atoms with Crippen molar-refractivity contribution in [3.05, 3.63) is 23.2 Å². The number of anilines is 1. The van der Waals surface area contributed by atoms with Gasteiger partial charge in [0.25, 0.3) is 0 Å². The van der Waals surface area contributed by atoms with Crippen molar-refractivity contribution in [3.8, 4) is 5.75 Å². The number of hydrogen-bond acceptors (Lipinski definition) is 4. The number of carbonyl (C=O) groups is 1. The molecule has 5 nitrogen and oxygen atoms in total. The first-order valence-electron chi connectivity index (χ1n) is 7.03. The monoisotopic (exact) mass is 312 g/mol. The molecule has 21 heavy (non-hydrogen) atoms. The number of piperidine rings is 1. The van der Waals surface area contributed by atoms with Crippen LogP contribution in [0.15, 0.2) is 18.2 Å². The van der Waals surface area contributed by atoms with Crippen molar-refractivity contribution in [2.24, 2.45) is 5.92 Å². The molecule has 116 valence electrons. The van der Waals surface area contributed by atoms with Crippen LogP contribution in [0, 0.1) is 5.92 Å². The number of amides is 1. The van der Waals surface area contributed by atoms with Gasteiger partial charge in [-0.3, -0.25) is 9.69 Å². The molecule has 0 aromatic heterocycles. The number of ether oxygens (including phenoxy) is 1. The Labute approximate surface area is 129 Å². The van der Waals surface area contributed by atoms with Crippen LogP contribution in [0.25, 0.3) is 0 Å². The average molecular weight is 313 g/mol.